The van der Waals surface area contributed by atoms with Gasteiger partial charge in [-0.15, -0.1) is 12.4 Å². The zero-order chi connectivity index (χ0) is 13.2. The minimum absolute atomic E-state index is 0. The van der Waals surface area contributed by atoms with E-state index in [2.05, 4.69) is 17.1 Å². The van der Waals surface area contributed by atoms with Crippen LogP contribution in [0.4, 0.5) is 0 Å². The molecule has 5 nitrogen and oxygen atoms in total. The maximum absolute atomic E-state index is 11.8. The van der Waals surface area contributed by atoms with Crippen molar-refractivity contribution in [3.05, 3.63) is 0 Å². The van der Waals surface area contributed by atoms with Crippen molar-refractivity contribution in [1.82, 2.24) is 14.5 Å². The first-order valence-corrected chi connectivity index (χ1v) is 8.47. The van der Waals surface area contributed by atoms with Gasteiger partial charge in [0.1, 0.15) is 0 Å². The monoisotopic (exact) mass is 311 g/mol. The summed E-state index contributed by atoms with van der Waals surface area (Å²) in [7, 11) is -2.99. The van der Waals surface area contributed by atoms with Gasteiger partial charge in [0.2, 0.25) is 10.0 Å². The second kappa shape index (κ2) is 6.72. The number of nitrogens with one attached hydrogen (secondary N) is 1. The number of nitrogens with zero attached hydrogens (tertiary/aromatic N) is 2. The molecule has 2 rings (SSSR count). The van der Waals surface area contributed by atoms with Crippen LogP contribution in [0.25, 0.3) is 0 Å². The SMILES string of the molecule is CCS(=O)(=O)N1CCN(CC2(C)CCNC2)CC1.Cl. The van der Waals surface area contributed by atoms with Gasteiger partial charge >= 0.3 is 0 Å². The molecule has 0 aliphatic carbocycles. The smallest absolute Gasteiger partial charge is 0.213 e. The number of halogens is 1. The fourth-order valence-electron chi connectivity index (χ4n) is 2.89. The van der Waals surface area contributed by atoms with E-state index in [0.717, 1.165) is 32.7 Å². The van der Waals surface area contributed by atoms with Gasteiger partial charge in [-0.2, -0.15) is 4.31 Å². The van der Waals surface area contributed by atoms with Gasteiger partial charge in [-0.3, -0.25) is 0 Å². The molecule has 1 N–H and O–H groups in total. The second-order valence-corrected chi connectivity index (χ2v) is 8.07. The molecule has 2 fully saturated rings. The summed E-state index contributed by atoms with van der Waals surface area (Å²) < 4.78 is 25.2. The molecule has 0 aromatic rings. The minimum Gasteiger partial charge on any atom is -0.316 e. The lowest BCUT2D eigenvalue weighted by Gasteiger charge is -2.38. The molecule has 2 aliphatic rings. The summed E-state index contributed by atoms with van der Waals surface area (Å²) >= 11 is 0. The van der Waals surface area contributed by atoms with E-state index >= 15 is 0 Å². The molecule has 1 atom stereocenters. The summed E-state index contributed by atoms with van der Waals surface area (Å²) in [6.45, 7) is 10.4. The van der Waals surface area contributed by atoms with E-state index in [9.17, 15) is 8.42 Å². The van der Waals surface area contributed by atoms with Crippen LogP contribution in [-0.4, -0.2) is 69.2 Å². The van der Waals surface area contributed by atoms with E-state index in [0.29, 0.717) is 18.5 Å². The van der Waals surface area contributed by atoms with Crippen molar-refractivity contribution in [3.8, 4) is 0 Å². The second-order valence-electron chi connectivity index (χ2n) is 5.81. The normalized spacial score (nSPS) is 30.2. The van der Waals surface area contributed by atoms with Crippen LogP contribution >= 0.6 is 12.4 Å². The average Bonchev–Trinajstić information content (AvgIpc) is 2.76. The van der Waals surface area contributed by atoms with Gasteiger partial charge in [-0.1, -0.05) is 6.92 Å². The molecule has 19 heavy (non-hydrogen) atoms. The third-order valence-corrected chi connectivity index (χ3v) is 6.03. The summed E-state index contributed by atoms with van der Waals surface area (Å²) in [5.74, 6) is 0.217. The summed E-state index contributed by atoms with van der Waals surface area (Å²) in [5, 5.41) is 3.41. The van der Waals surface area contributed by atoms with E-state index in [-0.39, 0.29) is 18.2 Å². The molecular formula is C12H26ClN3O2S. The minimum atomic E-state index is -2.99. The van der Waals surface area contributed by atoms with Gasteiger partial charge in [-0.05, 0) is 25.3 Å². The largest absolute Gasteiger partial charge is 0.316 e. The third-order valence-electron chi connectivity index (χ3n) is 4.15. The van der Waals surface area contributed by atoms with E-state index in [1.54, 1.807) is 11.2 Å². The number of sulfonamides is 1. The molecule has 0 aromatic carbocycles. The summed E-state index contributed by atoms with van der Waals surface area (Å²) in [6, 6.07) is 0. The fraction of sp³-hybridized carbons (Fsp3) is 1.00. The van der Waals surface area contributed by atoms with Crippen molar-refractivity contribution in [2.24, 2.45) is 5.41 Å². The highest BCUT2D eigenvalue weighted by Crippen LogP contribution is 2.26. The number of piperazine rings is 1. The highest BCUT2D eigenvalue weighted by Gasteiger charge is 2.33. The molecule has 0 amide bonds. The van der Waals surface area contributed by atoms with Crippen molar-refractivity contribution in [1.29, 1.82) is 0 Å². The van der Waals surface area contributed by atoms with Crippen LogP contribution in [0.1, 0.15) is 20.3 Å². The Morgan fingerprint density at radius 2 is 1.84 bits per heavy atom. The van der Waals surface area contributed by atoms with Crippen LogP contribution < -0.4 is 5.32 Å². The van der Waals surface area contributed by atoms with Gasteiger partial charge in [0.15, 0.2) is 0 Å². The van der Waals surface area contributed by atoms with Gasteiger partial charge < -0.3 is 10.2 Å². The zero-order valence-electron chi connectivity index (χ0n) is 11.9. The highest BCUT2D eigenvalue weighted by molar-refractivity contribution is 7.89. The molecular weight excluding hydrogens is 286 g/mol. The first-order chi connectivity index (χ1) is 8.45. The van der Waals surface area contributed by atoms with Crippen LogP contribution in [0, 0.1) is 5.41 Å². The van der Waals surface area contributed by atoms with Crippen LogP contribution in [-0.2, 0) is 10.0 Å². The molecule has 0 saturated carbocycles. The molecule has 0 radical (unpaired) electrons. The Morgan fingerprint density at radius 3 is 2.32 bits per heavy atom. The molecule has 1 unspecified atom stereocenters. The maximum Gasteiger partial charge on any atom is 0.213 e. The van der Waals surface area contributed by atoms with Gasteiger partial charge in [0.05, 0.1) is 5.75 Å². The van der Waals surface area contributed by atoms with Crippen LogP contribution in [0.5, 0.6) is 0 Å². The number of hydrogen-bond donors (Lipinski definition) is 1. The van der Waals surface area contributed by atoms with Crippen molar-refractivity contribution >= 4 is 22.4 Å². The highest BCUT2D eigenvalue weighted by atomic mass is 35.5. The van der Waals surface area contributed by atoms with Gasteiger partial charge in [-0.25, -0.2) is 8.42 Å². The quantitative estimate of drug-likeness (QED) is 0.815. The van der Waals surface area contributed by atoms with E-state index in [4.69, 9.17) is 0 Å². The average molecular weight is 312 g/mol. The molecule has 7 heteroatoms. The number of hydrogen-bond acceptors (Lipinski definition) is 4. The standard InChI is InChI=1S/C12H25N3O2S.ClH/c1-3-18(16,17)15-8-6-14(7-9-15)11-12(2)4-5-13-10-12;/h13H,3-11H2,1-2H3;1H. The van der Waals surface area contributed by atoms with Crippen LogP contribution in [0.2, 0.25) is 0 Å². The zero-order valence-corrected chi connectivity index (χ0v) is 13.5. The Hall–Kier alpha value is 0.120. The predicted molar refractivity (Wildman–Crippen MR) is 80.3 cm³/mol. The van der Waals surface area contributed by atoms with Crippen LogP contribution in [0.15, 0.2) is 0 Å². The predicted octanol–water partition coefficient (Wildman–Crippen LogP) is 0.375. The number of rotatable bonds is 4. The lowest BCUT2D eigenvalue weighted by atomic mass is 9.89. The lowest BCUT2D eigenvalue weighted by Crippen LogP contribution is -2.51. The summed E-state index contributed by atoms with van der Waals surface area (Å²) in [6.07, 6.45) is 1.22. The van der Waals surface area contributed by atoms with Gasteiger partial charge in [0, 0.05) is 39.3 Å². The van der Waals surface area contributed by atoms with E-state index in [1.165, 1.54) is 6.42 Å². The van der Waals surface area contributed by atoms with Crippen molar-refractivity contribution in [2.75, 3.05) is 51.6 Å². The van der Waals surface area contributed by atoms with E-state index in [1.807, 2.05) is 0 Å². The molecule has 2 heterocycles. The Labute approximate surface area is 123 Å². The molecule has 0 aromatic heterocycles. The fourth-order valence-corrected chi connectivity index (χ4v) is 3.98. The first kappa shape index (κ1) is 17.2. The Morgan fingerprint density at radius 1 is 1.21 bits per heavy atom. The topological polar surface area (TPSA) is 52.7 Å². The van der Waals surface area contributed by atoms with Crippen molar-refractivity contribution in [3.63, 3.8) is 0 Å². The van der Waals surface area contributed by atoms with Crippen LogP contribution in [0.3, 0.4) is 0 Å². The molecule has 2 aliphatic heterocycles. The molecule has 114 valence electrons. The lowest BCUT2D eigenvalue weighted by molar-refractivity contribution is 0.132. The Bertz CT molecular complexity index is 374. The molecule has 0 spiro atoms. The maximum atomic E-state index is 11.8. The summed E-state index contributed by atoms with van der Waals surface area (Å²) in [5.41, 5.74) is 0.367. The third kappa shape index (κ3) is 4.29. The Balaban J connectivity index is 0.00000180. The van der Waals surface area contributed by atoms with E-state index < -0.39 is 10.0 Å². The van der Waals surface area contributed by atoms with Crippen molar-refractivity contribution in [2.45, 2.75) is 20.3 Å². The Kier molecular flexibility index (Phi) is 6.07. The van der Waals surface area contributed by atoms with Crippen molar-refractivity contribution < 1.29 is 8.42 Å². The first-order valence-electron chi connectivity index (χ1n) is 6.86. The van der Waals surface area contributed by atoms with Gasteiger partial charge in [0.25, 0.3) is 0 Å². The summed E-state index contributed by atoms with van der Waals surface area (Å²) in [4.78, 5) is 2.41. The molecule has 0 bridgehead atoms. The molecule has 2 saturated heterocycles.